The lowest BCUT2D eigenvalue weighted by Gasteiger charge is -2.04. The quantitative estimate of drug-likeness (QED) is 0.559. The largest absolute Gasteiger partial charge is 0.158 e. The van der Waals surface area contributed by atoms with Crippen LogP contribution >= 0.6 is 23.4 Å². The van der Waals surface area contributed by atoms with Crippen molar-refractivity contribution in [2.75, 3.05) is 11.6 Å². The summed E-state index contributed by atoms with van der Waals surface area (Å²) in [6.45, 7) is 4.43. The Morgan fingerprint density at radius 3 is 2.62 bits per heavy atom. The monoisotopic (exact) mass is 152 g/mol. The summed E-state index contributed by atoms with van der Waals surface area (Å²) >= 11 is 7.43. The van der Waals surface area contributed by atoms with Gasteiger partial charge in [0.05, 0.1) is 0 Å². The first-order chi connectivity index (χ1) is 3.81. The smallest absolute Gasteiger partial charge is 0.0314 e. The molecule has 0 aliphatic heterocycles. The van der Waals surface area contributed by atoms with Crippen molar-refractivity contribution in [2.45, 2.75) is 25.5 Å². The normalized spacial score (nSPS) is 13.9. The SMILES string of the molecule is CC[C@@H](C)SCCCl. The fraction of sp³-hybridized carbons (Fsp3) is 1.00. The molecule has 0 radical (unpaired) electrons. The van der Waals surface area contributed by atoms with Crippen molar-refractivity contribution in [3.05, 3.63) is 0 Å². The summed E-state index contributed by atoms with van der Waals surface area (Å²) in [5.41, 5.74) is 0. The summed E-state index contributed by atoms with van der Waals surface area (Å²) in [5.74, 6) is 1.88. The Bertz CT molecular complexity index is 47.8. The molecule has 0 nitrogen and oxygen atoms in total. The third-order valence-corrected chi connectivity index (χ3v) is 2.81. The maximum atomic E-state index is 5.48. The zero-order valence-electron chi connectivity index (χ0n) is 5.48. The van der Waals surface area contributed by atoms with Gasteiger partial charge in [0, 0.05) is 16.9 Å². The van der Waals surface area contributed by atoms with Gasteiger partial charge in [0.2, 0.25) is 0 Å². The summed E-state index contributed by atoms with van der Waals surface area (Å²) in [6.07, 6.45) is 1.25. The molecular formula is C6H13ClS. The molecule has 0 amide bonds. The second-order valence-electron chi connectivity index (χ2n) is 1.78. The zero-order chi connectivity index (χ0) is 6.41. The van der Waals surface area contributed by atoms with Gasteiger partial charge in [-0.05, 0) is 6.42 Å². The van der Waals surface area contributed by atoms with Gasteiger partial charge in [-0.15, -0.1) is 11.6 Å². The van der Waals surface area contributed by atoms with Crippen LogP contribution in [-0.4, -0.2) is 16.9 Å². The van der Waals surface area contributed by atoms with Crippen LogP contribution in [0.4, 0.5) is 0 Å². The summed E-state index contributed by atoms with van der Waals surface area (Å²) in [6, 6.07) is 0. The van der Waals surface area contributed by atoms with Crippen molar-refractivity contribution >= 4 is 23.4 Å². The number of halogens is 1. The molecule has 0 unspecified atom stereocenters. The Kier molecular flexibility index (Phi) is 6.23. The lowest BCUT2D eigenvalue weighted by atomic mass is 10.4. The van der Waals surface area contributed by atoms with E-state index in [1.54, 1.807) is 0 Å². The third-order valence-electron chi connectivity index (χ3n) is 1.05. The van der Waals surface area contributed by atoms with E-state index in [1.165, 1.54) is 6.42 Å². The standard InChI is InChI=1S/C6H13ClS/c1-3-6(2)8-5-4-7/h6H,3-5H2,1-2H3/t6-/m1/s1. The van der Waals surface area contributed by atoms with Gasteiger partial charge in [0.1, 0.15) is 0 Å². The zero-order valence-corrected chi connectivity index (χ0v) is 7.06. The van der Waals surface area contributed by atoms with Crippen LogP contribution in [0.5, 0.6) is 0 Å². The van der Waals surface area contributed by atoms with E-state index in [2.05, 4.69) is 13.8 Å². The van der Waals surface area contributed by atoms with Crippen LogP contribution in [0.2, 0.25) is 0 Å². The topological polar surface area (TPSA) is 0 Å². The first-order valence-corrected chi connectivity index (χ1v) is 4.57. The summed E-state index contributed by atoms with van der Waals surface area (Å²) < 4.78 is 0. The van der Waals surface area contributed by atoms with Gasteiger partial charge in [-0.2, -0.15) is 11.8 Å². The van der Waals surface area contributed by atoms with Crippen LogP contribution in [0.15, 0.2) is 0 Å². The van der Waals surface area contributed by atoms with E-state index in [-0.39, 0.29) is 0 Å². The van der Waals surface area contributed by atoms with E-state index in [0.717, 1.165) is 16.9 Å². The average Bonchev–Trinajstić information content (AvgIpc) is 1.83. The lowest BCUT2D eigenvalue weighted by Crippen LogP contribution is -1.94. The van der Waals surface area contributed by atoms with E-state index >= 15 is 0 Å². The molecule has 1 atom stereocenters. The van der Waals surface area contributed by atoms with Crippen LogP contribution < -0.4 is 0 Å². The highest BCUT2D eigenvalue weighted by molar-refractivity contribution is 7.99. The highest BCUT2D eigenvalue weighted by Gasteiger charge is 1.95. The first kappa shape index (κ1) is 8.64. The molecule has 0 heterocycles. The maximum Gasteiger partial charge on any atom is 0.0314 e. The minimum Gasteiger partial charge on any atom is -0.158 e. The molecule has 0 aromatic carbocycles. The van der Waals surface area contributed by atoms with E-state index < -0.39 is 0 Å². The number of thioether (sulfide) groups is 1. The molecule has 0 aromatic rings. The maximum absolute atomic E-state index is 5.48. The fourth-order valence-corrected chi connectivity index (χ4v) is 1.36. The molecule has 0 aliphatic carbocycles. The molecule has 2 heteroatoms. The molecule has 0 saturated carbocycles. The highest BCUT2D eigenvalue weighted by Crippen LogP contribution is 2.12. The van der Waals surface area contributed by atoms with Crippen LogP contribution in [0.3, 0.4) is 0 Å². The van der Waals surface area contributed by atoms with Gasteiger partial charge in [0.15, 0.2) is 0 Å². The molecule has 0 spiro atoms. The van der Waals surface area contributed by atoms with Gasteiger partial charge < -0.3 is 0 Å². The average molecular weight is 153 g/mol. The molecule has 0 bridgehead atoms. The van der Waals surface area contributed by atoms with Crippen molar-refractivity contribution in [1.29, 1.82) is 0 Å². The summed E-state index contributed by atoms with van der Waals surface area (Å²) in [7, 11) is 0. The Hall–Kier alpha value is 0.640. The van der Waals surface area contributed by atoms with Gasteiger partial charge in [0.25, 0.3) is 0 Å². The molecule has 0 N–H and O–H groups in total. The molecule has 0 rings (SSSR count). The molecule has 0 fully saturated rings. The van der Waals surface area contributed by atoms with Crippen LogP contribution in [-0.2, 0) is 0 Å². The minimum atomic E-state index is 0.786. The second-order valence-corrected chi connectivity index (χ2v) is 3.70. The number of hydrogen-bond donors (Lipinski definition) is 0. The molecule has 0 saturated heterocycles. The molecule has 8 heavy (non-hydrogen) atoms. The first-order valence-electron chi connectivity index (χ1n) is 2.98. The van der Waals surface area contributed by atoms with Crippen LogP contribution in [0, 0.1) is 0 Å². The third kappa shape index (κ3) is 4.79. The predicted molar refractivity (Wildman–Crippen MR) is 42.9 cm³/mol. The molecular weight excluding hydrogens is 140 g/mol. The van der Waals surface area contributed by atoms with Crippen molar-refractivity contribution in [3.8, 4) is 0 Å². The van der Waals surface area contributed by atoms with Crippen LogP contribution in [0.1, 0.15) is 20.3 Å². The second kappa shape index (κ2) is 5.77. The number of hydrogen-bond acceptors (Lipinski definition) is 1. The highest BCUT2D eigenvalue weighted by atomic mass is 35.5. The summed E-state index contributed by atoms with van der Waals surface area (Å²) in [4.78, 5) is 0. The van der Waals surface area contributed by atoms with Gasteiger partial charge in [-0.1, -0.05) is 13.8 Å². The van der Waals surface area contributed by atoms with E-state index in [9.17, 15) is 0 Å². The lowest BCUT2D eigenvalue weighted by molar-refractivity contribution is 0.906. The van der Waals surface area contributed by atoms with Crippen LogP contribution in [0.25, 0.3) is 0 Å². The Labute approximate surface area is 61.0 Å². The Balaban J connectivity index is 2.86. The summed E-state index contributed by atoms with van der Waals surface area (Å²) in [5, 5.41) is 0.786. The number of rotatable bonds is 4. The van der Waals surface area contributed by atoms with E-state index in [4.69, 9.17) is 11.6 Å². The number of alkyl halides is 1. The molecule has 0 aromatic heterocycles. The molecule has 0 aliphatic rings. The predicted octanol–water partition coefficient (Wildman–Crippen LogP) is 2.76. The van der Waals surface area contributed by atoms with Gasteiger partial charge in [-0.25, -0.2) is 0 Å². The van der Waals surface area contributed by atoms with Gasteiger partial charge >= 0.3 is 0 Å². The van der Waals surface area contributed by atoms with Gasteiger partial charge in [-0.3, -0.25) is 0 Å². The fourth-order valence-electron chi connectivity index (χ4n) is 0.364. The molecule has 50 valence electrons. The van der Waals surface area contributed by atoms with E-state index in [1.807, 2.05) is 11.8 Å². The van der Waals surface area contributed by atoms with Crippen molar-refractivity contribution in [3.63, 3.8) is 0 Å². The Morgan fingerprint density at radius 2 is 2.25 bits per heavy atom. The van der Waals surface area contributed by atoms with Crippen molar-refractivity contribution < 1.29 is 0 Å². The van der Waals surface area contributed by atoms with Crippen molar-refractivity contribution in [1.82, 2.24) is 0 Å². The van der Waals surface area contributed by atoms with E-state index in [0.29, 0.717) is 0 Å². The minimum absolute atomic E-state index is 0.786. The van der Waals surface area contributed by atoms with Crippen molar-refractivity contribution in [2.24, 2.45) is 0 Å². The Morgan fingerprint density at radius 1 is 1.62 bits per heavy atom.